The van der Waals surface area contributed by atoms with Crippen molar-refractivity contribution in [1.29, 1.82) is 0 Å². The molecule has 2 heterocycles. The number of benzene rings is 2. The molecule has 0 spiro atoms. The Kier molecular flexibility index (Phi) is 5.92. The second-order valence-corrected chi connectivity index (χ2v) is 6.48. The zero-order valence-electron chi connectivity index (χ0n) is 16.2. The van der Waals surface area contributed by atoms with Crippen molar-refractivity contribution in [2.75, 3.05) is 27.2 Å². The van der Waals surface area contributed by atoms with Crippen molar-refractivity contribution in [3.05, 3.63) is 41.5 Å². The van der Waals surface area contributed by atoms with Gasteiger partial charge >= 0.3 is 6.61 Å². The number of guanidine groups is 1. The summed E-state index contributed by atoms with van der Waals surface area (Å²) >= 11 is 0. The first-order valence-corrected chi connectivity index (χ1v) is 9.33. The van der Waals surface area contributed by atoms with Crippen molar-refractivity contribution in [3.8, 4) is 28.7 Å². The van der Waals surface area contributed by atoms with E-state index >= 15 is 0 Å². The van der Waals surface area contributed by atoms with Gasteiger partial charge in [-0.25, -0.2) is 0 Å². The summed E-state index contributed by atoms with van der Waals surface area (Å²) in [5.41, 5.74) is 1.59. The van der Waals surface area contributed by atoms with Gasteiger partial charge in [0.15, 0.2) is 29.0 Å². The summed E-state index contributed by atoms with van der Waals surface area (Å²) in [6.45, 7) is -1.83. The molecule has 0 saturated heterocycles. The number of fused-ring (bicyclic) bond motifs is 2. The Bertz CT molecular complexity index is 939. The van der Waals surface area contributed by atoms with Crippen molar-refractivity contribution in [2.45, 2.75) is 19.6 Å². The molecule has 10 heteroatoms. The normalized spacial score (nSPS) is 14.2. The molecular formula is C20H21F2N3O5. The van der Waals surface area contributed by atoms with Gasteiger partial charge in [0, 0.05) is 31.8 Å². The molecule has 8 nitrogen and oxygen atoms in total. The van der Waals surface area contributed by atoms with Crippen LogP contribution >= 0.6 is 0 Å². The lowest BCUT2D eigenvalue weighted by Crippen LogP contribution is -2.38. The Hall–Kier alpha value is -3.43. The topological polar surface area (TPSA) is 82.6 Å². The van der Waals surface area contributed by atoms with Gasteiger partial charge in [0.05, 0.1) is 0 Å². The number of alkyl halides is 2. The molecule has 0 unspecified atom stereocenters. The Morgan fingerprint density at radius 2 is 1.70 bits per heavy atom. The predicted octanol–water partition coefficient (Wildman–Crippen LogP) is 2.65. The summed E-state index contributed by atoms with van der Waals surface area (Å²) in [5.74, 6) is 2.90. The summed E-state index contributed by atoms with van der Waals surface area (Å²) in [4.78, 5) is 4.16. The van der Waals surface area contributed by atoms with Gasteiger partial charge in [-0.1, -0.05) is 6.07 Å². The molecule has 2 aliphatic rings. The fraction of sp³-hybridized carbons (Fsp3) is 0.350. The van der Waals surface area contributed by atoms with Crippen molar-refractivity contribution in [3.63, 3.8) is 0 Å². The number of hydrogen-bond donors (Lipinski definition) is 2. The molecule has 2 aromatic carbocycles. The molecule has 0 amide bonds. The van der Waals surface area contributed by atoms with E-state index in [0.29, 0.717) is 29.6 Å². The van der Waals surface area contributed by atoms with Crippen LogP contribution in [0.5, 0.6) is 28.7 Å². The maximum Gasteiger partial charge on any atom is 0.387 e. The van der Waals surface area contributed by atoms with Gasteiger partial charge < -0.3 is 34.3 Å². The van der Waals surface area contributed by atoms with Crippen LogP contribution in [0.25, 0.3) is 0 Å². The SMILES string of the molecule is CN=C(NCCc1ccc2c(c1)OCO2)NCc1cc2c(cc1OC(F)F)OCO2. The number of rotatable bonds is 7. The molecule has 30 heavy (non-hydrogen) atoms. The average Bonchev–Trinajstić information content (AvgIpc) is 3.38. The number of hydrogen-bond acceptors (Lipinski definition) is 6. The minimum Gasteiger partial charge on any atom is -0.454 e. The smallest absolute Gasteiger partial charge is 0.387 e. The highest BCUT2D eigenvalue weighted by Gasteiger charge is 2.20. The summed E-state index contributed by atoms with van der Waals surface area (Å²) in [6, 6.07) is 8.83. The van der Waals surface area contributed by atoms with E-state index in [2.05, 4.69) is 20.4 Å². The Morgan fingerprint density at radius 1 is 1.00 bits per heavy atom. The van der Waals surface area contributed by atoms with Crippen molar-refractivity contribution in [1.82, 2.24) is 10.6 Å². The molecule has 2 aliphatic heterocycles. The zero-order chi connectivity index (χ0) is 20.9. The first-order chi connectivity index (χ1) is 14.6. The van der Waals surface area contributed by atoms with Gasteiger partial charge in [-0.3, -0.25) is 4.99 Å². The van der Waals surface area contributed by atoms with Gasteiger partial charge in [0.25, 0.3) is 0 Å². The third kappa shape index (κ3) is 4.58. The highest BCUT2D eigenvalue weighted by atomic mass is 19.3. The quantitative estimate of drug-likeness (QED) is 0.525. The monoisotopic (exact) mass is 421 g/mol. The van der Waals surface area contributed by atoms with E-state index < -0.39 is 6.61 Å². The lowest BCUT2D eigenvalue weighted by molar-refractivity contribution is -0.0505. The summed E-state index contributed by atoms with van der Waals surface area (Å²) in [7, 11) is 1.63. The lowest BCUT2D eigenvalue weighted by atomic mass is 10.1. The third-order valence-electron chi connectivity index (χ3n) is 4.58. The molecule has 160 valence electrons. The van der Waals surface area contributed by atoms with Gasteiger partial charge in [0.2, 0.25) is 13.6 Å². The fourth-order valence-corrected chi connectivity index (χ4v) is 3.13. The molecule has 2 aromatic rings. The summed E-state index contributed by atoms with van der Waals surface area (Å²) < 4.78 is 51.4. The second kappa shape index (κ2) is 8.93. The number of nitrogens with zero attached hydrogens (tertiary/aromatic N) is 1. The molecule has 4 rings (SSSR count). The lowest BCUT2D eigenvalue weighted by Gasteiger charge is -2.15. The van der Waals surface area contributed by atoms with Crippen molar-refractivity contribution >= 4 is 5.96 Å². The first kappa shape index (κ1) is 19.9. The van der Waals surface area contributed by atoms with E-state index in [0.717, 1.165) is 23.5 Å². The van der Waals surface area contributed by atoms with E-state index in [9.17, 15) is 8.78 Å². The van der Waals surface area contributed by atoms with Crippen LogP contribution in [0.3, 0.4) is 0 Å². The Morgan fingerprint density at radius 3 is 2.43 bits per heavy atom. The van der Waals surface area contributed by atoms with E-state index in [4.69, 9.17) is 18.9 Å². The Labute approximate surface area is 171 Å². The number of halogens is 2. The van der Waals surface area contributed by atoms with E-state index in [1.54, 1.807) is 13.1 Å². The second-order valence-electron chi connectivity index (χ2n) is 6.48. The van der Waals surface area contributed by atoms with Crippen LogP contribution in [0.15, 0.2) is 35.3 Å². The summed E-state index contributed by atoms with van der Waals surface area (Å²) in [5, 5.41) is 6.28. The zero-order valence-corrected chi connectivity index (χ0v) is 16.2. The summed E-state index contributed by atoms with van der Waals surface area (Å²) in [6.07, 6.45) is 0.737. The highest BCUT2D eigenvalue weighted by Crippen LogP contribution is 2.38. The van der Waals surface area contributed by atoms with Gasteiger partial charge in [-0.2, -0.15) is 8.78 Å². The molecule has 0 fully saturated rings. The van der Waals surface area contributed by atoms with Crippen LogP contribution in [0.2, 0.25) is 0 Å². The third-order valence-corrected chi connectivity index (χ3v) is 4.58. The molecule has 0 aliphatic carbocycles. The Balaban J connectivity index is 1.33. The van der Waals surface area contributed by atoms with Crippen LogP contribution in [-0.4, -0.2) is 39.7 Å². The van der Waals surface area contributed by atoms with Crippen LogP contribution in [-0.2, 0) is 13.0 Å². The average molecular weight is 421 g/mol. The number of aliphatic imine (C=N–C) groups is 1. The molecule has 2 N–H and O–H groups in total. The maximum absolute atomic E-state index is 12.8. The van der Waals surface area contributed by atoms with E-state index in [1.165, 1.54) is 6.07 Å². The van der Waals surface area contributed by atoms with Crippen LogP contribution in [0.1, 0.15) is 11.1 Å². The fourth-order valence-electron chi connectivity index (χ4n) is 3.13. The van der Waals surface area contributed by atoms with Crippen molar-refractivity contribution < 1.29 is 32.5 Å². The van der Waals surface area contributed by atoms with Crippen molar-refractivity contribution in [2.24, 2.45) is 4.99 Å². The minimum atomic E-state index is -2.94. The van der Waals surface area contributed by atoms with Gasteiger partial charge in [-0.05, 0) is 30.2 Å². The standard InChI is InChI=1S/C20H21F2N3O5/c1-23-20(24-5-4-12-2-3-14-16(6-12)27-10-26-14)25-9-13-7-17-18(29-11-28-17)8-15(13)30-19(21)22/h2-3,6-8,19H,4-5,9-11H2,1H3,(H2,23,24,25). The highest BCUT2D eigenvalue weighted by molar-refractivity contribution is 5.79. The van der Waals surface area contributed by atoms with Crippen LogP contribution in [0.4, 0.5) is 8.78 Å². The molecular weight excluding hydrogens is 400 g/mol. The largest absolute Gasteiger partial charge is 0.454 e. The molecule has 0 saturated carbocycles. The van der Waals surface area contributed by atoms with E-state index in [1.807, 2.05) is 18.2 Å². The van der Waals surface area contributed by atoms with Gasteiger partial charge in [0.1, 0.15) is 5.75 Å². The predicted molar refractivity (Wildman–Crippen MR) is 104 cm³/mol. The molecule has 0 radical (unpaired) electrons. The first-order valence-electron chi connectivity index (χ1n) is 9.33. The van der Waals surface area contributed by atoms with E-state index in [-0.39, 0.29) is 25.9 Å². The number of ether oxygens (including phenoxy) is 5. The van der Waals surface area contributed by atoms with Crippen LogP contribution < -0.4 is 34.3 Å². The molecule has 0 bridgehead atoms. The van der Waals surface area contributed by atoms with Gasteiger partial charge in [-0.15, -0.1) is 0 Å². The minimum absolute atomic E-state index is 0.0255. The number of nitrogens with one attached hydrogen (secondary N) is 2. The molecule has 0 atom stereocenters. The maximum atomic E-state index is 12.8. The van der Waals surface area contributed by atoms with Crippen LogP contribution in [0, 0.1) is 0 Å². The molecule has 0 aromatic heterocycles.